The van der Waals surface area contributed by atoms with Gasteiger partial charge in [-0.25, -0.2) is 4.98 Å². The first-order valence-electron chi connectivity index (χ1n) is 8.37. The lowest BCUT2D eigenvalue weighted by molar-refractivity contribution is 0.0697. The maximum absolute atomic E-state index is 12.7. The third-order valence-corrected chi connectivity index (χ3v) is 4.81. The molecule has 6 nitrogen and oxygen atoms in total. The van der Waals surface area contributed by atoms with Crippen molar-refractivity contribution in [3.8, 4) is 5.69 Å². The van der Waals surface area contributed by atoms with E-state index in [9.17, 15) is 4.79 Å². The van der Waals surface area contributed by atoms with E-state index in [-0.39, 0.29) is 5.91 Å². The van der Waals surface area contributed by atoms with E-state index in [1.807, 2.05) is 41.0 Å². The van der Waals surface area contributed by atoms with Gasteiger partial charge in [0.05, 0.1) is 17.4 Å². The third kappa shape index (κ3) is 2.58. The number of pyridine rings is 1. The van der Waals surface area contributed by atoms with Crippen LogP contribution in [0.2, 0.25) is 0 Å². The molecule has 1 amide bonds. The Morgan fingerprint density at radius 2 is 2.04 bits per heavy atom. The van der Waals surface area contributed by atoms with Gasteiger partial charge in [-0.3, -0.25) is 14.0 Å². The number of hydrogen-bond acceptors (Lipinski definition) is 3. The predicted octanol–water partition coefficient (Wildman–Crippen LogP) is 2.63. The lowest BCUT2D eigenvalue weighted by Gasteiger charge is -2.30. The average Bonchev–Trinajstić information content (AvgIpc) is 3.20. The van der Waals surface area contributed by atoms with Gasteiger partial charge in [-0.2, -0.15) is 5.10 Å². The van der Waals surface area contributed by atoms with E-state index in [1.54, 1.807) is 17.1 Å². The molecular weight excluding hydrogens is 302 g/mol. The number of piperidine rings is 1. The number of hydrogen-bond donors (Lipinski definition) is 0. The molecule has 4 rings (SSSR count). The molecule has 0 spiro atoms. The van der Waals surface area contributed by atoms with Crippen LogP contribution in [-0.4, -0.2) is 43.2 Å². The zero-order valence-electron chi connectivity index (χ0n) is 14.0. The molecule has 24 heavy (non-hydrogen) atoms. The van der Waals surface area contributed by atoms with Crippen molar-refractivity contribution in [3.05, 3.63) is 42.5 Å². The van der Waals surface area contributed by atoms with Crippen LogP contribution in [0.5, 0.6) is 0 Å². The first kappa shape index (κ1) is 14.9. The summed E-state index contributed by atoms with van der Waals surface area (Å²) >= 11 is 0. The zero-order chi connectivity index (χ0) is 16.7. The van der Waals surface area contributed by atoms with Crippen LogP contribution in [0, 0.1) is 5.92 Å². The Labute approximate surface area is 140 Å². The summed E-state index contributed by atoms with van der Waals surface area (Å²) in [7, 11) is 1.89. The number of rotatable bonds is 2. The number of aromatic nitrogens is 4. The molecule has 0 atom stereocenters. The van der Waals surface area contributed by atoms with Crippen molar-refractivity contribution in [1.29, 1.82) is 0 Å². The first-order chi connectivity index (χ1) is 11.6. The number of aryl methyl sites for hydroxylation is 1. The Bertz CT molecular complexity index is 886. The second-order valence-corrected chi connectivity index (χ2v) is 6.67. The highest BCUT2D eigenvalue weighted by molar-refractivity contribution is 5.97. The molecule has 0 N–H and O–H groups in total. The smallest absolute Gasteiger partial charge is 0.255 e. The summed E-state index contributed by atoms with van der Waals surface area (Å²) < 4.78 is 3.75. The fourth-order valence-corrected chi connectivity index (χ4v) is 3.28. The monoisotopic (exact) mass is 323 g/mol. The number of fused-ring (bicyclic) bond motifs is 1. The van der Waals surface area contributed by atoms with Crippen molar-refractivity contribution in [2.45, 2.75) is 19.8 Å². The van der Waals surface area contributed by atoms with Crippen LogP contribution in [0.25, 0.3) is 16.7 Å². The fourth-order valence-electron chi connectivity index (χ4n) is 3.28. The Kier molecular flexibility index (Phi) is 3.59. The van der Waals surface area contributed by atoms with Gasteiger partial charge in [0.2, 0.25) is 0 Å². The van der Waals surface area contributed by atoms with Gasteiger partial charge in [0.25, 0.3) is 5.91 Å². The van der Waals surface area contributed by atoms with Gasteiger partial charge in [0.1, 0.15) is 5.65 Å². The molecule has 124 valence electrons. The maximum Gasteiger partial charge on any atom is 0.255 e. The fraction of sp³-hybridized carbons (Fsp3) is 0.389. The van der Waals surface area contributed by atoms with Crippen LogP contribution in [0.4, 0.5) is 0 Å². The van der Waals surface area contributed by atoms with Crippen LogP contribution in [-0.2, 0) is 7.05 Å². The molecule has 1 fully saturated rings. The second-order valence-electron chi connectivity index (χ2n) is 6.67. The largest absolute Gasteiger partial charge is 0.339 e. The van der Waals surface area contributed by atoms with Gasteiger partial charge >= 0.3 is 0 Å². The van der Waals surface area contributed by atoms with Crippen molar-refractivity contribution < 1.29 is 4.79 Å². The highest BCUT2D eigenvalue weighted by atomic mass is 16.2. The summed E-state index contributed by atoms with van der Waals surface area (Å²) in [5.74, 6) is 0.800. The molecule has 0 aromatic carbocycles. The van der Waals surface area contributed by atoms with E-state index in [1.165, 1.54) is 0 Å². The number of carbonyl (C=O) groups excluding carboxylic acids is 1. The molecule has 0 bridgehead atoms. The highest BCUT2D eigenvalue weighted by Crippen LogP contribution is 2.22. The van der Waals surface area contributed by atoms with Crippen LogP contribution < -0.4 is 0 Å². The average molecular weight is 323 g/mol. The predicted molar refractivity (Wildman–Crippen MR) is 92.1 cm³/mol. The summed E-state index contributed by atoms with van der Waals surface area (Å²) in [6.45, 7) is 3.93. The quantitative estimate of drug-likeness (QED) is 0.728. The number of carbonyl (C=O) groups is 1. The minimum Gasteiger partial charge on any atom is -0.339 e. The van der Waals surface area contributed by atoms with E-state index in [4.69, 9.17) is 0 Å². The lowest BCUT2D eigenvalue weighted by atomic mass is 9.99. The normalized spacial score (nSPS) is 16.0. The highest BCUT2D eigenvalue weighted by Gasteiger charge is 2.22. The molecule has 6 heteroatoms. The molecule has 1 aliphatic heterocycles. The lowest BCUT2D eigenvalue weighted by Crippen LogP contribution is -2.37. The van der Waals surface area contributed by atoms with E-state index >= 15 is 0 Å². The topological polar surface area (TPSA) is 56.0 Å². The van der Waals surface area contributed by atoms with Crippen molar-refractivity contribution in [1.82, 2.24) is 24.2 Å². The summed E-state index contributed by atoms with van der Waals surface area (Å²) in [6.07, 6.45) is 9.56. The van der Waals surface area contributed by atoms with Gasteiger partial charge in [0, 0.05) is 44.1 Å². The summed E-state index contributed by atoms with van der Waals surface area (Å²) in [4.78, 5) is 19.2. The molecule has 0 unspecified atom stereocenters. The standard InChI is InChI=1S/C18H21N5O/c1-13-3-6-22(7-4-13)18(24)15-9-14-5-8-23(17(14)19-10-15)16-11-20-21(2)12-16/h5,8-13H,3-4,6-7H2,1-2H3. The minimum atomic E-state index is 0.0884. The summed E-state index contributed by atoms with van der Waals surface area (Å²) in [5, 5.41) is 5.17. The van der Waals surface area contributed by atoms with Gasteiger partial charge in [-0.1, -0.05) is 6.92 Å². The summed E-state index contributed by atoms with van der Waals surface area (Å²) in [6, 6.07) is 3.93. The SMILES string of the molecule is CC1CCN(C(=O)c2cnc3c(ccn3-c3cnn(C)c3)c2)CC1. The van der Waals surface area contributed by atoms with Crippen molar-refractivity contribution in [3.63, 3.8) is 0 Å². The van der Waals surface area contributed by atoms with Crippen LogP contribution in [0.15, 0.2) is 36.9 Å². The van der Waals surface area contributed by atoms with Gasteiger partial charge in [0.15, 0.2) is 0 Å². The Morgan fingerprint density at radius 3 is 2.75 bits per heavy atom. The molecule has 0 saturated carbocycles. The Balaban J connectivity index is 1.63. The Hall–Kier alpha value is -2.63. The van der Waals surface area contributed by atoms with Crippen LogP contribution in [0.1, 0.15) is 30.1 Å². The zero-order valence-corrected chi connectivity index (χ0v) is 14.0. The van der Waals surface area contributed by atoms with Gasteiger partial charge < -0.3 is 4.90 Å². The van der Waals surface area contributed by atoms with Gasteiger partial charge in [-0.05, 0) is 30.9 Å². The van der Waals surface area contributed by atoms with Crippen LogP contribution >= 0.6 is 0 Å². The third-order valence-electron chi connectivity index (χ3n) is 4.81. The molecular formula is C18H21N5O. The molecule has 4 heterocycles. The van der Waals surface area contributed by atoms with Crippen molar-refractivity contribution in [2.75, 3.05) is 13.1 Å². The number of likely N-dealkylation sites (tertiary alicyclic amines) is 1. The number of nitrogens with zero attached hydrogens (tertiary/aromatic N) is 5. The van der Waals surface area contributed by atoms with Crippen LogP contribution in [0.3, 0.4) is 0 Å². The van der Waals surface area contributed by atoms with Crippen molar-refractivity contribution >= 4 is 16.9 Å². The first-order valence-corrected chi connectivity index (χ1v) is 8.37. The van der Waals surface area contributed by atoms with Crippen molar-refractivity contribution in [2.24, 2.45) is 13.0 Å². The Morgan fingerprint density at radius 1 is 1.25 bits per heavy atom. The molecule has 1 aliphatic rings. The summed E-state index contributed by atoms with van der Waals surface area (Å²) in [5.41, 5.74) is 2.47. The second kappa shape index (κ2) is 5.78. The molecule has 0 radical (unpaired) electrons. The molecule has 3 aromatic heterocycles. The maximum atomic E-state index is 12.7. The van der Waals surface area contributed by atoms with E-state index in [0.29, 0.717) is 11.5 Å². The van der Waals surface area contributed by atoms with E-state index in [2.05, 4.69) is 17.0 Å². The van der Waals surface area contributed by atoms with Gasteiger partial charge in [-0.15, -0.1) is 0 Å². The molecule has 3 aromatic rings. The molecule has 1 saturated heterocycles. The minimum absolute atomic E-state index is 0.0884. The van der Waals surface area contributed by atoms with E-state index in [0.717, 1.165) is 42.7 Å². The van der Waals surface area contributed by atoms with E-state index < -0.39 is 0 Å². The number of amides is 1. The molecule has 0 aliphatic carbocycles.